The van der Waals surface area contributed by atoms with Crippen molar-refractivity contribution in [3.05, 3.63) is 5.73 Å². The molecule has 0 saturated carbocycles. The van der Waals surface area contributed by atoms with Crippen LogP contribution in [0.15, 0.2) is 5.16 Å². The molecule has 0 amide bonds. The van der Waals surface area contributed by atoms with Crippen LogP contribution in [-0.2, 0) is 0 Å². The van der Waals surface area contributed by atoms with Crippen LogP contribution in [0.5, 0.6) is 0 Å². The van der Waals surface area contributed by atoms with E-state index in [1.54, 1.807) is 6.92 Å². The maximum Gasteiger partial charge on any atom is 1.00 e. The first-order chi connectivity index (χ1) is 2.81. The van der Waals surface area contributed by atoms with E-state index in [-0.39, 0.29) is 64.0 Å². The van der Waals surface area contributed by atoms with Gasteiger partial charge in [0.1, 0.15) is 0 Å². The van der Waals surface area contributed by atoms with E-state index in [9.17, 15) is 0 Å². The average molecular weight is 173 g/mol. The summed E-state index contributed by atoms with van der Waals surface area (Å²) in [5.41, 5.74) is 6.57. The molecule has 0 spiro atoms. The van der Waals surface area contributed by atoms with Gasteiger partial charge in [0.25, 0.3) is 0 Å². The van der Waals surface area contributed by atoms with E-state index in [4.69, 9.17) is 10.9 Å². The van der Waals surface area contributed by atoms with E-state index in [0.717, 1.165) is 0 Å². The Morgan fingerprint density at radius 2 is 2.29 bits per heavy atom. The molecule has 0 aliphatic carbocycles. The van der Waals surface area contributed by atoms with Crippen molar-refractivity contribution in [1.82, 2.24) is 0 Å². The fourth-order valence-corrected chi connectivity index (χ4v) is 0.0707. The molecule has 4 heteroatoms. The molecule has 0 heterocycles. The number of amidine groups is 1. The maximum absolute atomic E-state index is 7.74. The molecule has 0 atom stereocenters. The minimum Gasteiger partial charge on any atom is -0.509 e. The van der Waals surface area contributed by atoms with E-state index < -0.39 is 0 Å². The van der Waals surface area contributed by atoms with Gasteiger partial charge in [-0.1, -0.05) is 12.8 Å². The van der Waals surface area contributed by atoms with E-state index in [1.165, 1.54) is 0 Å². The van der Waals surface area contributed by atoms with Crippen LogP contribution in [0.2, 0.25) is 0 Å². The number of nitrogens with one attached hydrogen (secondary N) is 1. The van der Waals surface area contributed by atoms with Gasteiger partial charge in [0.15, 0.2) is 0 Å². The Morgan fingerprint density at radius 1 is 1.86 bits per heavy atom. The Bertz CT molecular complexity index is 64.0. The summed E-state index contributed by atoms with van der Waals surface area (Å²) in [6.07, 6.45) is 0.497. The normalized spacial score (nSPS) is 10.1. The van der Waals surface area contributed by atoms with Crippen molar-refractivity contribution < 1.29 is 63.4 Å². The Hall–Kier alpha value is 1.08. The molecule has 2 N–H and O–H groups in total. The van der Waals surface area contributed by atoms with Crippen LogP contribution in [0.3, 0.4) is 0 Å². The molecule has 0 aliphatic heterocycles. The second-order valence-corrected chi connectivity index (χ2v) is 0.900. The van der Waals surface area contributed by atoms with Crippen LogP contribution in [-0.4, -0.2) is 11.0 Å². The zero-order chi connectivity index (χ0) is 4.99. The quantitative estimate of drug-likeness (QED) is 0.217. The SMILES string of the molecule is CC/C([NH-])=N/O.[Rb+]. The molecule has 0 saturated heterocycles. The molecule has 7 heavy (non-hydrogen) atoms. The Kier molecular flexibility index (Phi) is 11.1. The van der Waals surface area contributed by atoms with Gasteiger partial charge < -0.3 is 16.1 Å². The molecule has 0 aromatic carbocycles. The minimum atomic E-state index is 0. The number of hydrogen-bond donors (Lipinski definition) is 1. The summed E-state index contributed by atoms with van der Waals surface area (Å²) >= 11 is 0. The summed E-state index contributed by atoms with van der Waals surface area (Å²) in [6.45, 7) is 1.75. The Balaban J connectivity index is 0. The molecule has 0 aromatic heterocycles. The zero-order valence-corrected chi connectivity index (χ0v) is 9.52. The monoisotopic (exact) mass is 172 g/mol. The van der Waals surface area contributed by atoms with Gasteiger partial charge in [-0.3, -0.25) is 0 Å². The van der Waals surface area contributed by atoms with Crippen LogP contribution in [0.25, 0.3) is 5.73 Å². The van der Waals surface area contributed by atoms with Gasteiger partial charge in [-0.25, -0.2) is 0 Å². The predicted molar refractivity (Wildman–Crippen MR) is 23.8 cm³/mol. The van der Waals surface area contributed by atoms with Gasteiger partial charge in [0.2, 0.25) is 0 Å². The van der Waals surface area contributed by atoms with Gasteiger partial charge in [0.05, 0.1) is 0 Å². The first kappa shape index (κ1) is 11.0. The molecule has 0 bridgehead atoms. The van der Waals surface area contributed by atoms with Crippen molar-refractivity contribution in [2.45, 2.75) is 13.3 Å². The first-order valence-corrected chi connectivity index (χ1v) is 1.73. The maximum atomic E-state index is 7.74. The molecule has 0 unspecified atom stereocenters. The summed E-state index contributed by atoms with van der Waals surface area (Å²) in [6, 6.07) is 0. The van der Waals surface area contributed by atoms with E-state index in [0.29, 0.717) is 6.42 Å². The molecular weight excluding hydrogens is 166 g/mol. The molecule has 0 rings (SSSR count). The van der Waals surface area contributed by atoms with E-state index in [2.05, 4.69) is 5.16 Å². The zero-order valence-electron chi connectivity index (χ0n) is 4.60. The van der Waals surface area contributed by atoms with Gasteiger partial charge in [0, 0.05) is 0 Å². The molecule has 0 fully saturated rings. The standard InChI is InChI=1S/C3H7N2O.Rb/c1-2-3(4)5-6;/h2H2,1H3,(H2-,4,5,6);/q-1;+1. The van der Waals surface area contributed by atoms with Crippen molar-refractivity contribution in [1.29, 1.82) is 0 Å². The van der Waals surface area contributed by atoms with E-state index in [1.807, 2.05) is 0 Å². The average Bonchev–Trinajstić information content (AvgIpc) is 1.65. The Morgan fingerprint density at radius 3 is 2.29 bits per heavy atom. The van der Waals surface area contributed by atoms with Gasteiger partial charge in [-0.2, -0.15) is 0 Å². The minimum absolute atomic E-state index is 0. The summed E-state index contributed by atoms with van der Waals surface area (Å²) in [5.74, 6) is 0.0231. The Labute approximate surface area is 91.7 Å². The predicted octanol–water partition coefficient (Wildman–Crippen LogP) is -1.76. The largest absolute Gasteiger partial charge is 1.00 e. The fourth-order valence-electron chi connectivity index (χ4n) is 0.0707. The van der Waals surface area contributed by atoms with Crippen molar-refractivity contribution >= 4 is 5.84 Å². The van der Waals surface area contributed by atoms with Crippen LogP contribution in [0.4, 0.5) is 0 Å². The number of nitrogens with zero attached hydrogens (tertiary/aromatic N) is 1. The van der Waals surface area contributed by atoms with Gasteiger partial charge in [-0.05, 0) is 6.42 Å². The summed E-state index contributed by atoms with van der Waals surface area (Å²) < 4.78 is 0. The summed E-state index contributed by atoms with van der Waals surface area (Å²) in [7, 11) is 0. The number of hydrogen-bond acceptors (Lipinski definition) is 2. The van der Waals surface area contributed by atoms with Crippen molar-refractivity contribution in [2.24, 2.45) is 5.16 Å². The topological polar surface area (TPSA) is 56.4 Å². The molecule has 36 valence electrons. The third kappa shape index (κ3) is 7.08. The first-order valence-electron chi connectivity index (χ1n) is 1.73. The van der Waals surface area contributed by atoms with Crippen LogP contribution >= 0.6 is 0 Å². The number of rotatable bonds is 1. The molecule has 0 aliphatic rings. The van der Waals surface area contributed by atoms with Crippen molar-refractivity contribution in [2.75, 3.05) is 0 Å². The third-order valence-electron chi connectivity index (χ3n) is 0.456. The van der Waals surface area contributed by atoms with Crippen molar-refractivity contribution in [3.63, 3.8) is 0 Å². The third-order valence-corrected chi connectivity index (χ3v) is 0.456. The molecular formula is C3H7N2ORb. The van der Waals surface area contributed by atoms with Gasteiger partial charge >= 0.3 is 58.2 Å². The second kappa shape index (κ2) is 7.08. The fraction of sp³-hybridized carbons (Fsp3) is 0.667. The second-order valence-electron chi connectivity index (χ2n) is 0.900. The molecule has 0 aromatic rings. The van der Waals surface area contributed by atoms with Gasteiger partial charge in [-0.15, -0.1) is 0 Å². The van der Waals surface area contributed by atoms with Crippen molar-refractivity contribution in [3.8, 4) is 0 Å². The van der Waals surface area contributed by atoms with Crippen LogP contribution in [0.1, 0.15) is 13.3 Å². The summed E-state index contributed by atoms with van der Waals surface area (Å²) in [4.78, 5) is 0. The smallest absolute Gasteiger partial charge is 0.509 e. The van der Waals surface area contributed by atoms with Crippen LogP contribution in [0, 0.1) is 0 Å². The number of oxime groups is 1. The molecule has 3 nitrogen and oxygen atoms in total. The van der Waals surface area contributed by atoms with E-state index >= 15 is 0 Å². The summed E-state index contributed by atoms with van der Waals surface area (Å²) in [5, 5.41) is 10.3. The van der Waals surface area contributed by atoms with Crippen LogP contribution < -0.4 is 58.2 Å². The molecule has 0 radical (unpaired) electrons.